The fourth-order valence-electron chi connectivity index (χ4n) is 2.28. The number of hydrogen-bond acceptors (Lipinski definition) is 2. The van der Waals surface area contributed by atoms with Crippen LogP contribution < -0.4 is 10.1 Å². The largest absolute Gasteiger partial charge is 0.497 e. The van der Waals surface area contributed by atoms with Crippen LogP contribution in [0.15, 0.2) is 36.4 Å². The Kier molecular flexibility index (Phi) is 4.21. The summed E-state index contributed by atoms with van der Waals surface area (Å²) in [4.78, 5) is 0. The normalized spacial score (nSPS) is 21.2. The van der Waals surface area contributed by atoms with Crippen molar-refractivity contribution in [2.45, 2.75) is 38.3 Å². The Balaban J connectivity index is 2.00. The average molecular weight is 231 g/mol. The molecule has 0 bridgehead atoms. The maximum Gasteiger partial charge on any atom is 0.119 e. The molecule has 0 fully saturated rings. The molecule has 0 saturated carbocycles. The molecule has 1 unspecified atom stereocenters. The molecule has 92 valence electrons. The van der Waals surface area contributed by atoms with Gasteiger partial charge in [-0.1, -0.05) is 24.3 Å². The van der Waals surface area contributed by atoms with Crippen molar-refractivity contribution in [2.24, 2.45) is 0 Å². The van der Waals surface area contributed by atoms with Gasteiger partial charge in [-0.25, -0.2) is 0 Å². The molecule has 1 aliphatic rings. The second kappa shape index (κ2) is 5.87. The van der Waals surface area contributed by atoms with Crippen LogP contribution in [0.25, 0.3) is 0 Å². The van der Waals surface area contributed by atoms with Gasteiger partial charge in [0.05, 0.1) is 7.11 Å². The quantitative estimate of drug-likeness (QED) is 0.801. The van der Waals surface area contributed by atoms with Crippen LogP contribution in [0.4, 0.5) is 0 Å². The average Bonchev–Trinajstić information content (AvgIpc) is 2.40. The lowest BCUT2D eigenvalue weighted by molar-refractivity contribution is 0.412. The maximum absolute atomic E-state index is 5.25. The summed E-state index contributed by atoms with van der Waals surface area (Å²) < 4.78 is 5.25. The lowest BCUT2D eigenvalue weighted by Crippen LogP contribution is -2.30. The van der Waals surface area contributed by atoms with Gasteiger partial charge in [0.2, 0.25) is 0 Å². The highest BCUT2D eigenvalue weighted by atomic mass is 16.5. The first-order valence-electron chi connectivity index (χ1n) is 6.36. The zero-order chi connectivity index (χ0) is 12.1. The first-order valence-corrected chi connectivity index (χ1v) is 6.36. The van der Waals surface area contributed by atoms with E-state index >= 15 is 0 Å². The van der Waals surface area contributed by atoms with E-state index in [9.17, 15) is 0 Å². The third-order valence-electron chi connectivity index (χ3n) is 3.31. The molecule has 2 atom stereocenters. The lowest BCUT2D eigenvalue weighted by atomic mass is 10.0. The molecule has 2 heteroatoms. The Morgan fingerprint density at radius 1 is 1.41 bits per heavy atom. The zero-order valence-electron chi connectivity index (χ0n) is 10.6. The minimum absolute atomic E-state index is 0.359. The summed E-state index contributed by atoms with van der Waals surface area (Å²) in [7, 11) is 1.71. The summed E-state index contributed by atoms with van der Waals surface area (Å²) in [5.74, 6) is 0.926. The molecule has 0 aromatic heterocycles. The predicted molar refractivity (Wildman–Crippen MR) is 71.3 cm³/mol. The number of allylic oxidation sites excluding steroid dienone is 1. The van der Waals surface area contributed by atoms with Gasteiger partial charge in [-0.15, -0.1) is 0 Å². The molecular formula is C15H21NO. The van der Waals surface area contributed by atoms with Crippen molar-refractivity contribution < 1.29 is 4.74 Å². The highest BCUT2D eigenvalue weighted by Crippen LogP contribution is 2.21. The van der Waals surface area contributed by atoms with Crippen LogP contribution in [0.1, 0.15) is 37.8 Å². The van der Waals surface area contributed by atoms with Crippen LogP contribution >= 0.6 is 0 Å². The maximum atomic E-state index is 5.25. The van der Waals surface area contributed by atoms with Crippen LogP contribution in [0.5, 0.6) is 5.75 Å². The number of methoxy groups -OCH3 is 1. The summed E-state index contributed by atoms with van der Waals surface area (Å²) in [5, 5.41) is 3.64. The van der Waals surface area contributed by atoms with Gasteiger partial charge in [0, 0.05) is 12.1 Å². The highest BCUT2D eigenvalue weighted by molar-refractivity contribution is 5.30. The molecule has 0 aliphatic heterocycles. The van der Waals surface area contributed by atoms with Gasteiger partial charge in [0.25, 0.3) is 0 Å². The van der Waals surface area contributed by atoms with E-state index in [0.717, 1.165) is 5.75 Å². The number of benzene rings is 1. The van der Waals surface area contributed by atoms with E-state index in [-0.39, 0.29) is 0 Å². The summed E-state index contributed by atoms with van der Waals surface area (Å²) in [5.41, 5.74) is 1.28. The summed E-state index contributed by atoms with van der Waals surface area (Å²) in [6.45, 7) is 2.21. The van der Waals surface area contributed by atoms with E-state index in [1.54, 1.807) is 7.11 Å². The second-order valence-electron chi connectivity index (χ2n) is 4.63. The van der Waals surface area contributed by atoms with E-state index < -0.39 is 0 Å². The van der Waals surface area contributed by atoms with Crippen molar-refractivity contribution in [1.29, 1.82) is 0 Å². The Hall–Kier alpha value is -1.28. The van der Waals surface area contributed by atoms with Crippen molar-refractivity contribution in [3.05, 3.63) is 42.0 Å². The van der Waals surface area contributed by atoms with E-state index in [1.807, 2.05) is 12.1 Å². The van der Waals surface area contributed by atoms with E-state index in [4.69, 9.17) is 4.74 Å². The van der Waals surface area contributed by atoms with Gasteiger partial charge in [-0.3, -0.25) is 0 Å². The molecule has 17 heavy (non-hydrogen) atoms. The second-order valence-corrected chi connectivity index (χ2v) is 4.63. The van der Waals surface area contributed by atoms with E-state index in [2.05, 4.69) is 36.5 Å². The van der Waals surface area contributed by atoms with Crippen LogP contribution in [-0.2, 0) is 0 Å². The fourth-order valence-corrected chi connectivity index (χ4v) is 2.28. The molecule has 1 aromatic rings. The Labute approximate surface area is 104 Å². The Bertz CT molecular complexity index is 386. The highest BCUT2D eigenvalue weighted by Gasteiger charge is 2.13. The Morgan fingerprint density at radius 2 is 2.29 bits per heavy atom. The minimum atomic E-state index is 0.359. The molecule has 0 saturated heterocycles. The molecule has 0 spiro atoms. The van der Waals surface area contributed by atoms with Crippen molar-refractivity contribution >= 4 is 0 Å². The topological polar surface area (TPSA) is 21.3 Å². The van der Waals surface area contributed by atoms with Crippen LogP contribution in [-0.4, -0.2) is 13.2 Å². The monoisotopic (exact) mass is 231 g/mol. The van der Waals surface area contributed by atoms with Crippen LogP contribution in [0.2, 0.25) is 0 Å². The molecular weight excluding hydrogens is 210 g/mol. The number of ether oxygens (including phenoxy) is 1. The third-order valence-corrected chi connectivity index (χ3v) is 3.31. The van der Waals surface area contributed by atoms with Crippen molar-refractivity contribution in [3.8, 4) is 5.75 Å². The molecule has 2 nitrogen and oxygen atoms in total. The van der Waals surface area contributed by atoms with Crippen LogP contribution in [0.3, 0.4) is 0 Å². The van der Waals surface area contributed by atoms with Crippen molar-refractivity contribution in [3.63, 3.8) is 0 Å². The Morgan fingerprint density at radius 3 is 3.00 bits per heavy atom. The minimum Gasteiger partial charge on any atom is -0.497 e. The van der Waals surface area contributed by atoms with Crippen molar-refractivity contribution in [1.82, 2.24) is 5.32 Å². The SMILES string of the molecule is COc1cccc([C@@H](C)NC2C=CCCC2)c1. The summed E-state index contributed by atoms with van der Waals surface area (Å²) in [6, 6.07) is 9.15. The van der Waals surface area contributed by atoms with Gasteiger partial charge in [0.1, 0.15) is 5.75 Å². The first-order chi connectivity index (χ1) is 8.29. The number of rotatable bonds is 4. The van der Waals surface area contributed by atoms with Crippen LogP contribution in [0, 0.1) is 0 Å². The zero-order valence-corrected chi connectivity index (χ0v) is 10.6. The molecule has 0 heterocycles. The van der Waals surface area contributed by atoms with Crippen molar-refractivity contribution in [2.75, 3.05) is 7.11 Å². The number of hydrogen-bond donors (Lipinski definition) is 1. The standard InChI is InChI=1S/C15H21NO/c1-12(16-14-8-4-3-5-9-14)13-7-6-10-15(11-13)17-2/h4,6-8,10-12,14,16H,3,5,9H2,1-2H3/t12-,14?/m1/s1. The molecule has 0 amide bonds. The van der Waals surface area contributed by atoms with Gasteiger partial charge >= 0.3 is 0 Å². The molecule has 1 aliphatic carbocycles. The molecule has 0 radical (unpaired) electrons. The smallest absolute Gasteiger partial charge is 0.119 e. The molecule has 2 rings (SSSR count). The van der Waals surface area contributed by atoms with Gasteiger partial charge in [-0.05, 0) is 43.9 Å². The fraction of sp³-hybridized carbons (Fsp3) is 0.467. The first kappa shape index (κ1) is 12.2. The predicted octanol–water partition coefficient (Wildman–Crippen LogP) is 3.45. The lowest BCUT2D eigenvalue weighted by Gasteiger charge is -2.23. The van der Waals surface area contributed by atoms with Gasteiger partial charge in [-0.2, -0.15) is 0 Å². The molecule has 1 N–H and O–H groups in total. The van der Waals surface area contributed by atoms with Gasteiger partial charge < -0.3 is 10.1 Å². The van der Waals surface area contributed by atoms with Gasteiger partial charge in [0.15, 0.2) is 0 Å². The van der Waals surface area contributed by atoms with E-state index in [1.165, 1.54) is 24.8 Å². The molecule has 1 aromatic carbocycles. The van der Waals surface area contributed by atoms with E-state index in [0.29, 0.717) is 12.1 Å². The summed E-state index contributed by atoms with van der Waals surface area (Å²) in [6.07, 6.45) is 8.33. The summed E-state index contributed by atoms with van der Waals surface area (Å²) >= 11 is 0. The third kappa shape index (κ3) is 3.34. The number of nitrogens with one attached hydrogen (secondary N) is 1.